The van der Waals surface area contributed by atoms with Crippen molar-refractivity contribution in [3.8, 4) is 0 Å². The van der Waals surface area contributed by atoms with Gasteiger partial charge in [0.25, 0.3) is 5.92 Å². The van der Waals surface area contributed by atoms with Gasteiger partial charge in [-0.25, -0.2) is 8.78 Å². The average molecular weight is 208 g/mol. The molecule has 0 aliphatic rings. The van der Waals surface area contributed by atoms with Crippen LogP contribution in [0.25, 0.3) is 0 Å². The first-order chi connectivity index (χ1) is 6.58. The fourth-order valence-electron chi connectivity index (χ4n) is 1.54. The van der Waals surface area contributed by atoms with E-state index in [2.05, 4.69) is 6.92 Å². The number of hydrogen-bond acceptors (Lipinski definition) is 1. The molecule has 0 aromatic heterocycles. The van der Waals surface area contributed by atoms with Crippen LogP contribution < -0.4 is 0 Å². The summed E-state index contributed by atoms with van der Waals surface area (Å²) in [5.41, 5.74) is 0. The Kier molecular flexibility index (Phi) is 7.06. The molecule has 0 aliphatic carbocycles. The molecule has 0 saturated heterocycles. The molecule has 0 radical (unpaired) electrons. The van der Waals surface area contributed by atoms with Gasteiger partial charge in [-0.3, -0.25) is 0 Å². The van der Waals surface area contributed by atoms with Crippen LogP contribution in [0.4, 0.5) is 8.78 Å². The van der Waals surface area contributed by atoms with Gasteiger partial charge in [0.1, 0.15) is 0 Å². The minimum Gasteiger partial charge on any atom is -0.396 e. The van der Waals surface area contributed by atoms with Gasteiger partial charge < -0.3 is 5.11 Å². The molecule has 0 unspecified atom stereocenters. The highest BCUT2D eigenvalue weighted by Crippen LogP contribution is 2.31. The van der Waals surface area contributed by atoms with Crippen LogP contribution in [0.15, 0.2) is 0 Å². The van der Waals surface area contributed by atoms with E-state index in [9.17, 15) is 8.78 Å². The zero-order valence-electron chi connectivity index (χ0n) is 9.23. The van der Waals surface area contributed by atoms with Gasteiger partial charge in [-0.2, -0.15) is 0 Å². The number of aliphatic hydroxyl groups is 1. The molecule has 0 heterocycles. The zero-order chi connectivity index (χ0) is 11.0. The fourth-order valence-corrected chi connectivity index (χ4v) is 1.54. The first-order valence-corrected chi connectivity index (χ1v) is 5.57. The number of unbranched alkanes of at least 4 members (excludes halogenated alkanes) is 3. The van der Waals surface area contributed by atoms with Gasteiger partial charge in [-0.1, -0.05) is 39.5 Å². The van der Waals surface area contributed by atoms with Gasteiger partial charge >= 0.3 is 0 Å². The summed E-state index contributed by atoms with van der Waals surface area (Å²) < 4.78 is 26.3. The van der Waals surface area contributed by atoms with Crippen molar-refractivity contribution >= 4 is 0 Å². The largest absolute Gasteiger partial charge is 0.396 e. The maximum absolute atomic E-state index is 13.2. The normalized spacial score (nSPS) is 14.4. The Morgan fingerprint density at radius 1 is 1.14 bits per heavy atom. The number of rotatable bonds is 8. The highest BCUT2D eigenvalue weighted by atomic mass is 19.3. The van der Waals surface area contributed by atoms with Crippen molar-refractivity contribution in [2.45, 2.75) is 58.3 Å². The molecule has 1 atom stereocenters. The van der Waals surface area contributed by atoms with Crippen molar-refractivity contribution in [3.05, 3.63) is 0 Å². The van der Waals surface area contributed by atoms with Crippen LogP contribution in [0.1, 0.15) is 52.4 Å². The number of alkyl halides is 2. The predicted molar refractivity (Wildman–Crippen MR) is 54.6 cm³/mol. The molecule has 14 heavy (non-hydrogen) atoms. The molecule has 0 saturated carbocycles. The standard InChI is InChI=1S/C11H22F2O/c1-3-5-6-7-8-10(9-14)11(12,13)4-2/h10,14H,3-9H2,1-2H3/t10-/m1/s1. The summed E-state index contributed by atoms with van der Waals surface area (Å²) in [5, 5.41) is 8.87. The molecule has 1 nitrogen and oxygen atoms in total. The van der Waals surface area contributed by atoms with E-state index in [1.54, 1.807) is 0 Å². The lowest BCUT2D eigenvalue weighted by Gasteiger charge is -2.23. The summed E-state index contributed by atoms with van der Waals surface area (Å²) >= 11 is 0. The summed E-state index contributed by atoms with van der Waals surface area (Å²) in [5.74, 6) is -3.54. The molecule has 3 heteroatoms. The van der Waals surface area contributed by atoms with Crippen LogP contribution >= 0.6 is 0 Å². The number of aliphatic hydroxyl groups excluding tert-OH is 1. The van der Waals surface area contributed by atoms with Crippen LogP contribution in [0.3, 0.4) is 0 Å². The van der Waals surface area contributed by atoms with E-state index < -0.39 is 18.4 Å². The van der Waals surface area contributed by atoms with Crippen LogP contribution in [0, 0.1) is 5.92 Å². The van der Waals surface area contributed by atoms with Gasteiger partial charge in [0, 0.05) is 12.3 Å². The third-order valence-corrected chi connectivity index (χ3v) is 2.70. The van der Waals surface area contributed by atoms with E-state index in [0.29, 0.717) is 6.42 Å². The highest BCUT2D eigenvalue weighted by Gasteiger charge is 2.36. The number of hydrogen-bond donors (Lipinski definition) is 1. The van der Waals surface area contributed by atoms with E-state index >= 15 is 0 Å². The summed E-state index contributed by atoms with van der Waals surface area (Å²) in [6.45, 7) is 3.16. The van der Waals surface area contributed by atoms with E-state index in [0.717, 1.165) is 25.7 Å². The summed E-state index contributed by atoms with van der Waals surface area (Å²) in [6, 6.07) is 0. The van der Waals surface area contributed by atoms with Crippen LogP contribution in [-0.2, 0) is 0 Å². The van der Waals surface area contributed by atoms with E-state index in [1.807, 2.05) is 0 Å². The maximum Gasteiger partial charge on any atom is 0.252 e. The molecule has 0 bridgehead atoms. The Morgan fingerprint density at radius 2 is 1.79 bits per heavy atom. The molecule has 0 aliphatic heterocycles. The zero-order valence-corrected chi connectivity index (χ0v) is 9.23. The summed E-state index contributed by atoms with van der Waals surface area (Å²) in [6.07, 6.45) is 4.26. The topological polar surface area (TPSA) is 20.2 Å². The molecular weight excluding hydrogens is 186 g/mol. The molecule has 0 fully saturated rings. The Bertz CT molecular complexity index is 137. The lowest BCUT2D eigenvalue weighted by atomic mass is 9.93. The minimum atomic E-state index is -2.69. The quantitative estimate of drug-likeness (QED) is 0.604. The second kappa shape index (κ2) is 7.16. The molecule has 0 spiro atoms. The van der Waals surface area contributed by atoms with Crippen molar-refractivity contribution in [1.29, 1.82) is 0 Å². The SMILES string of the molecule is CCCCCC[C@H](CO)C(F)(F)CC. The fraction of sp³-hybridized carbons (Fsp3) is 1.00. The van der Waals surface area contributed by atoms with Crippen molar-refractivity contribution in [2.24, 2.45) is 5.92 Å². The molecule has 86 valence electrons. The third kappa shape index (κ3) is 4.89. The molecule has 0 amide bonds. The van der Waals surface area contributed by atoms with Crippen LogP contribution in [-0.4, -0.2) is 17.6 Å². The van der Waals surface area contributed by atoms with Gasteiger partial charge in [0.15, 0.2) is 0 Å². The second-order valence-electron chi connectivity index (χ2n) is 3.84. The average Bonchev–Trinajstić information content (AvgIpc) is 2.17. The third-order valence-electron chi connectivity index (χ3n) is 2.70. The molecular formula is C11H22F2O. The second-order valence-corrected chi connectivity index (χ2v) is 3.84. The van der Waals surface area contributed by atoms with Crippen LogP contribution in [0.5, 0.6) is 0 Å². The Balaban J connectivity index is 3.79. The minimum absolute atomic E-state index is 0.175. The highest BCUT2D eigenvalue weighted by molar-refractivity contribution is 4.75. The lowest BCUT2D eigenvalue weighted by Crippen LogP contribution is -2.30. The summed E-state index contributed by atoms with van der Waals surface area (Å²) in [4.78, 5) is 0. The van der Waals surface area contributed by atoms with Gasteiger partial charge in [-0.05, 0) is 6.42 Å². The van der Waals surface area contributed by atoms with E-state index in [-0.39, 0.29) is 6.42 Å². The molecule has 0 aromatic rings. The Hall–Kier alpha value is -0.180. The van der Waals surface area contributed by atoms with E-state index in [1.165, 1.54) is 6.92 Å². The van der Waals surface area contributed by atoms with Crippen molar-refractivity contribution < 1.29 is 13.9 Å². The predicted octanol–water partition coefficient (Wildman–Crippen LogP) is 3.61. The smallest absolute Gasteiger partial charge is 0.252 e. The van der Waals surface area contributed by atoms with Gasteiger partial charge in [0.2, 0.25) is 0 Å². The van der Waals surface area contributed by atoms with Crippen molar-refractivity contribution in [2.75, 3.05) is 6.61 Å². The number of halogens is 2. The van der Waals surface area contributed by atoms with Crippen LogP contribution in [0.2, 0.25) is 0 Å². The maximum atomic E-state index is 13.2. The monoisotopic (exact) mass is 208 g/mol. The first-order valence-electron chi connectivity index (χ1n) is 5.57. The van der Waals surface area contributed by atoms with Crippen molar-refractivity contribution in [3.63, 3.8) is 0 Å². The molecule has 0 aromatic carbocycles. The van der Waals surface area contributed by atoms with Crippen molar-refractivity contribution in [1.82, 2.24) is 0 Å². The molecule has 1 N–H and O–H groups in total. The Labute approximate surface area is 85.5 Å². The molecule has 0 rings (SSSR count). The van der Waals surface area contributed by atoms with Gasteiger partial charge in [-0.15, -0.1) is 0 Å². The lowest BCUT2D eigenvalue weighted by molar-refractivity contribution is -0.0820. The van der Waals surface area contributed by atoms with Gasteiger partial charge in [0.05, 0.1) is 6.61 Å². The summed E-state index contributed by atoms with van der Waals surface area (Å²) in [7, 11) is 0. The van der Waals surface area contributed by atoms with E-state index in [4.69, 9.17) is 5.11 Å². The Morgan fingerprint density at radius 3 is 2.21 bits per heavy atom. The first kappa shape index (κ1) is 13.8.